The molecule has 0 fully saturated rings. The van der Waals surface area contributed by atoms with Crippen LogP contribution in [-0.4, -0.2) is 30.7 Å². The first-order chi connectivity index (χ1) is 16.1. The molecule has 5 rings (SSSR count). The number of hydrogen-bond acceptors (Lipinski definition) is 4. The maximum Gasteiger partial charge on any atom is 0.323 e. The molecule has 0 spiro atoms. The van der Waals surface area contributed by atoms with E-state index in [1.807, 2.05) is 43.3 Å². The van der Waals surface area contributed by atoms with Gasteiger partial charge in [0.1, 0.15) is 0 Å². The van der Waals surface area contributed by atoms with Gasteiger partial charge in [-0.15, -0.1) is 0 Å². The van der Waals surface area contributed by atoms with E-state index in [1.165, 1.54) is 17.3 Å². The van der Waals surface area contributed by atoms with E-state index in [0.29, 0.717) is 16.7 Å². The number of amides is 1. The minimum absolute atomic E-state index is 0.126. The number of H-pyrrole nitrogens is 2. The Labute approximate surface area is 194 Å². The molecule has 3 N–H and O–H groups in total. The molecule has 0 saturated heterocycles. The molecule has 0 radical (unpaired) electrons. The summed E-state index contributed by atoms with van der Waals surface area (Å²) >= 11 is 1.44. The highest BCUT2D eigenvalue weighted by Gasteiger charge is 2.20. The van der Waals surface area contributed by atoms with Crippen molar-refractivity contribution in [3.05, 3.63) is 88.8 Å². The van der Waals surface area contributed by atoms with Crippen LogP contribution in [0.4, 0.5) is 5.69 Å². The number of thioether (sulfide) groups is 1. The van der Waals surface area contributed by atoms with Crippen LogP contribution < -0.4 is 11.0 Å². The van der Waals surface area contributed by atoms with Crippen LogP contribution >= 0.6 is 11.8 Å². The van der Waals surface area contributed by atoms with Crippen molar-refractivity contribution in [2.24, 2.45) is 0 Å². The zero-order valence-electron chi connectivity index (χ0n) is 18.0. The SMILES string of the molecule is CC(Sc1nc2ccccc2n1CCc1ccccc1)C(=O)Nc1ccc2[nH]c(=O)[nH]c2c1. The van der Waals surface area contributed by atoms with Crippen LogP contribution in [0.2, 0.25) is 0 Å². The number of imidazole rings is 2. The third-order valence-corrected chi connectivity index (χ3v) is 6.61. The van der Waals surface area contributed by atoms with Gasteiger partial charge in [0.05, 0.1) is 27.3 Å². The molecular formula is C25H23N5O2S. The maximum atomic E-state index is 12.9. The van der Waals surface area contributed by atoms with Gasteiger partial charge in [-0.05, 0) is 49.2 Å². The van der Waals surface area contributed by atoms with Gasteiger partial charge in [0.15, 0.2) is 5.16 Å². The molecule has 3 aromatic carbocycles. The molecule has 5 aromatic rings. The number of aryl methyl sites for hydroxylation is 2. The lowest BCUT2D eigenvalue weighted by Crippen LogP contribution is -2.23. The lowest BCUT2D eigenvalue weighted by molar-refractivity contribution is -0.115. The highest BCUT2D eigenvalue weighted by atomic mass is 32.2. The number of rotatable bonds is 7. The first-order valence-electron chi connectivity index (χ1n) is 10.8. The lowest BCUT2D eigenvalue weighted by atomic mass is 10.1. The molecule has 33 heavy (non-hydrogen) atoms. The zero-order chi connectivity index (χ0) is 22.8. The summed E-state index contributed by atoms with van der Waals surface area (Å²) in [7, 11) is 0. The van der Waals surface area contributed by atoms with Crippen molar-refractivity contribution in [2.45, 2.75) is 30.3 Å². The number of carbonyl (C=O) groups is 1. The minimum atomic E-state index is -0.363. The Hall–Kier alpha value is -3.78. The molecule has 0 saturated carbocycles. The Balaban J connectivity index is 1.34. The Kier molecular flexibility index (Phi) is 5.75. The van der Waals surface area contributed by atoms with Crippen molar-refractivity contribution < 1.29 is 4.79 Å². The molecule has 2 aromatic heterocycles. The second-order valence-corrected chi connectivity index (χ2v) is 9.17. The van der Waals surface area contributed by atoms with Crippen molar-refractivity contribution >= 4 is 45.4 Å². The number of benzene rings is 3. The summed E-state index contributed by atoms with van der Waals surface area (Å²) in [6.07, 6.45) is 0.879. The molecule has 8 heteroatoms. The molecule has 0 aliphatic carbocycles. The van der Waals surface area contributed by atoms with E-state index in [2.05, 4.69) is 38.1 Å². The molecule has 0 bridgehead atoms. The van der Waals surface area contributed by atoms with E-state index in [4.69, 9.17) is 4.98 Å². The normalized spacial score (nSPS) is 12.3. The predicted molar refractivity (Wildman–Crippen MR) is 133 cm³/mol. The molecule has 1 unspecified atom stereocenters. The van der Waals surface area contributed by atoms with Crippen molar-refractivity contribution in [1.82, 2.24) is 19.5 Å². The quantitative estimate of drug-likeness (QED) is 0.312. The van der Waals surface area contributed by atoms with E-state index in [-0.39, 0.29) is 16.8 Å². The van der Waals surface area contributed by atoms with E-state index >= 15 is 0 Å². The topological polar surface area (TPSA) is 95.6 Å². The molecule has 1 atom stereocenters. The summed E-state index contributed by atoms with van der Waals surface area (Å²) in [5.41, 5.74) is 4.95. The van der Waals surface area contributed by atoms with Gasteiger partial charge in [-0.3, -0.25) is 4.79 Å². The smallest absolute Gasteiger partial charge is 0.323 e. The van der Waals surface area contributed by atoms with E-state index in [9.17, 15) is 9.59 Å². The average molecular weight is 458 g/mol. The number of aromatic nitrogens is 4. The third kappa shape index (κ3) is 4.56. The van der Waals surface area contributed by atoms with Crippen LogP contribution in [-0.2, 0) is 17.8 Å². The number of fused-ring (bicyclic) bond motifs is 2. The fraction of sp³-hybridized carbons (Fsp3) is 0.160. The van der Waals surface area contributed by atoms with E-state index in [0.717, 1.165) is 29.2 Å². The van der Waals surface area contributed by atoms with Crippen molar-refractivity contribution in [3.8, 4) is 0 Å². The number of carbonyl (C=O) groups excluding carboxylic acids is 1. The first-order valence-corrected chi connectivity index (χ1v) is 11.6. The highest BCUT2D eigenvalue weighted by Crippen LogP contribution is 2.28. The van der Waals surface area contributed by atoms with Gasteiger partial charge in [0.2, 0.25) is 5.91 Å². The molecule has 7 nitrogen and oxygen atoms in total. The number of anilines is 1. The summed E-state index contributed by atoms with van der Waals surface area (Å²) in [4.78, 5) is 34.6. The Morgan fingerprint density at radius 2 is 1.79 bits per heavy atom. The number of hydrogen-bond donors (Lipinski definition) is 3. The van der Waals surface area contributed by atoms with Crippen LogP contribution in [0.5, 0.6) is 0 Å². The Bertz CT molecular complexity index is 1490. The number of nitrogens with one attached hydrogen (secondary N) is 3. The number of para-hydroxylation sites is 2. The van der Waals surface area contributed by atoms with Crippen molar-refractivity contribution in [2.75, 3.05) is 5.32 Å². The van der Waals surface area contributed by atoms with E-state index in [1.54, 1.807) is 18.2 Å². The van der Waals surface area contributed by atoms with Gasteiger partial charge in [-0.25, -0.2) is 9.78 Å². The number of nitrogens with zero attached hydrogens (tertiary/aromatic N) is 2. The van der Waals surface area contributed by atoms with Crippen LogP contribution in [0.15, 0.2) is 82.7 Å². The van der Waals surface area contributed by atoms with Gasteiger partial charge in [-0.2, -0.15) is 0 Å². The standard InChI is InChI=1S/C25H23N5O2S/c1-16(23(31)26-18-11-12-19-21(15-18)28-24(32)27-19)33-25-29-20-9-5-6-10-22(20)30(25)14-13-17-7-3-2-4-8-17/h2-12,15-16H,13-14H2,1H3,(H,26,31)(H2,27,28,32). The third-order valence-electron chi connectivity index (χ3n) is 5.52. The van der Waals surface area contributed by atoms with E-state index < -0.39 is 0 Å². The molecule has 2 heterocycles. The summed E-state index contributed by atoms with van der Waals surface area (Å²) in [5.74, 6) is -0.126. The average Bonchev–Trinajstić information content (AvgIpc) is 3.36. The summed E-state index contributed by atoms with van der Waals surface area (Å²) in [5, 5.41) is 3.40. The van der Waals surface area contributed by atoms with Gasteiger partial charge in [0, 0.05) is 12.2 Å². The Morgan fingerprint density at radius 3 is 2.64 bits per heavy atom. The fourth-order valence-electron chi connectivity index (χ4n) is 3.81. The summed E-state index contributed by atoms with van der Waals surface area (Å²) in [6.45, 7) is 2.65. The van der Waals surface area contributed by atoms with Gasteiger partial charge >= 0.3 is 5.69 Å². The largest absolute Gasteiger partial charge is 0.325 e. The minimum Gasteiger partial charge on any atom is -0.325 e. The number of aromatic amines is 2. The zero-order valence-corrected chi connectivity index (χ0v) is 18.9. The predicted octanol–water partition coefficient (Wildman–Crippen LogP) is 4.57. The van der Waals surface area contributed by atoms with Crippen molar-refractivity contribution in [1.29, 1.82) is 0 Å². The van der Waals surface area contributed by atoms with Gasteiger partial charge in [-0.1, -0.05) is 54.2 Å². The van der Waals surface area contributed by atoms with Crippen molar-refractivity contribution in [3.63, 3.8) is 0 Å². The maximum absolute atomic E-state index is 12.9. The summed E-state index contributed by atoms with van der Waals surface area (Å²) in [6, 6.07) is 23.7. The van der Waals surface area contributed by atoms with Gasteiger partial charge in [0.25, 0.3) is 0 Å². The molecular weight excluding hydrogens is 434 g/mol. The van der Waals surface area contributed by atoms with Crippen LogP contribution in [0.25, 0.3) is 22.1 Å². The molecule has 0 aliphatic heterocycles. The monoisotopic (exact) mass is 457 g/mol. The second kappa shape index (κ2) is 8.99. The molecule has 0 aliphatic rings. The second-order valence-electron chi connectivity index (χ2n) is 7.86. The molecule has 1 amide bonds. The lowest BCUT2D eigenvalue weighted by Gasteiger charge is -2.14. The van der Waals surface area contributed by atoms with Crippen LogP contribution in [0, 0.1) is 0 Å². The highest BCUT2D eigenvalue weighted by molar-refractivity contribution is 8.00. The summed E-state index contributed by atoms with van der Waals surface area (Å²) < 4.78 is 2.19. The first kappa shape index (κ1) is 21.1. The molecule has 166 valence electrons. The van der Waals surface area contributed by atoms with Gasteiger partial charge < -0.3 is 19.9 Å². The van der Waals surface area contributed by atoms with Crippen LogP contribution in [0.3, 0.4) is 0 Å². The van der Waals surface area contributed by atoms with Crippen LogP contribution in [0.1, 0.15) is 12.5 Å². The Morgan fingerprint density at radius 1 is 1.03 bits per heavy atom. The fourth-order valence-corrected chi connectivity index (χ4v) is 4.76.